The minimum atomic E-state index is -0.632. The Labute approximate surface area is 137 Å². The minimum absolute atomic E-state index is 0.0955. The monoisotopic (exact) mass is 325 g/mol. The van der Waals surface area contributed by atoms with E-state index < -0.39 is 5.91 Å². The van der Waals surface area contributed by atoms with Crippen molar-refractivity contribution in [2.75, 3.05) is 0 Å². The van der Waals surface area contributed by atoms with Crippen LogP contribution in [0.2, 0.25) is 0 Å². The van der Waals surface area contributed by atoms with Crippen LogP contribution >= 0.6 is 0 Å². The number of nitrogens with one attached hydrogen (secondary N) is 1. The normalized spacial score (nSPS) is 11.9. The number of rotatable bonds is 5. The van der Waals surface area contributed by atoms with Crippen LogP contribution in [0.15, 0.2) is 53.3 Å². The van der Waals surface area contributed by atoms with E-state index in [1.807, 2.05) is 31.2 Å². The van der Waals surface area contributed by atoms with Gasteiger partial charge in [-0.05, 0) is 36.8 Å². The maximum absolute atomic E-state index is 12.0. The Kier molecular flexibility index (Phi) is 4.11. The van der Waals surface area contributed by atoms with E-state index in [2.05, 4.69) is 15.6 Å². The van der Waals surface area contributed by atoms with Crippen LogP contribution < -0.4 is 11.1 Å². The second-order valence-electron chi connectivity index (χ2n) is 5.18. The van der Waals surface area contributed by atoms with Crippen molar-refractivity contribution in [3.05, 3.63) is 65.9 Å². The average Bonchev–Trinajstić information content (AvgIpc) is 3.26. The number of furan rings is 1. The molecule has 2 aromatic heterocycles. The lowest BCUT2D eigenvalue weighted by atomic mass is 10.1. The van der Waals surface area contributed by atoms with E-state index in [-0.39, 0.29) is 23.4 Å². The van der Waals surface area contributed by atoms with Crippen molar-refractivity contribution in [3.8, 4) is 5.69 Å². The standard InChI is InChI=1S/C16H15N5O3/c1-10(18-16(23)14-3-2-8-24-14)11-4-6-12(7-5-11)21-9-13(15(17)22)19-20-21/h2-10H,1H3,(H2,17,22)(H,18,23)/t10-/m1/s1. The van der Waals surface area contributed by atoms with Crippen LogP contribution in [0, 0.1) is 0 Å². The fourth-order valence-electron chi connectivity index (χ4n) is 2.18. The molecule has 0 saturated carbocycles. The SMILES string of the molecule is C[C@@H](NC(=O)c1ccco1)c1ccc(-n2cc(C(N)=O)nn2)cc1. The predicted molar refractivity (Wildman–Crippen MR) is 84.5 cm³/mol. The highest BCUT2D eigenvalue weighted by Crippen LogP contribution is 2.16. The third kappa shape index (κ3) is 3.17. The van der Waals surface area contributed by atoms with Crippen LogP contribution in [-0.2, 0) is 0 Å². The molecule has 2 heterocycles. The molecule has 0 aliphatic heterocycles. The second-order valence-corrected chi connectivity index (χ2v) is 5.18. The van der Waals surface area contributed by atoms with Crippen molar-refractivity contribution in [1.82, 2.24) is 20.3 Å². The second kappa shape index (κ2) is 6.37. The van der Waals surface area contributed by atoms with Gasteiger partial charge in [-0.25, -0.2) is 4.68 Å². The Hall–Kier alpha value is -3.42. The molecule has 8 nitrogen and oxygen atoms in total. The van der Waals surface area contributed by atoms with Crippen LogP contribution in [0.5, 0.6) is 0 Å². The molecule has 3 rings (SSSR count). The quantitative estimate of drug-likeness (QED) is 0.736. The van der Waals surface area contributed by atoms with Gasteiger partial charge in [0.25, 0.3) is 11.8 Å². The van der Waals surface area contributed by atoms with Crippen LogP contribution in [0.1, 0.15) is 39.6 Å². The van der Waals surface area contributed by atoms with Crippen molar-refractivity contribution < 1.29 is 14.0 Å². The van der Waals surface area contributed by atoms with Crippen molar-refractivity contribution in [2.24, 2.45) is 5.73 Å². The van der Waals surface area contributed by atoms with Gasteiger partial charge in [-0.3, -0.25) is 9.59 Å². The summed E-state index contributed by atoms with van der Waals surface area (Å²) in [5.41, 5.74) is 6.88. The molecule has 1 atom stereocenters. The summed E-state index contributed by atoms with van der Waals surface area (Å²) in [5.74, 6) is -0.647. The van der Waals surface area contributed by atoms with Crippen molar-refractivity contribution in [3.63, 3.8) is 0 Å². The summed E-state index contributed by atoms with van der Waals surface area (Å²) in [5, 5.41) is 10.4. The van der Waals surface area contributed by atoms with Gasteiger partial charge in [0.15, 0.2) is 11.5 Å². The van der Waals surface area contributed by atoms with Crippen LogP contribution in [0.3, 0.4) is 0 Å². The number of nitrogens with two attached hydrogens (primary N) is 1. The number of nitrogens with zero attached hydrogens (tertiary/aromatic N) is 3. The number of hydrogen-bond donors (Lipinski definition) is 2. The molecule has 2 amide bonds. The first-order valence-electron chi connectivity index (χ1n) is 7.21. The molecular weight excluding hydrogens is 310 g/mol. The van der Waals surface area contributed by atoms with E-state index >= 15 is 0 Å². The largest absolute Gasteiger partial charge is 0.459 e. The number of amides is 2. The van der Waals surface area contributed by atoms with Crippen molar-refractivity contribution >= 4 is 11.8 Å². The van der Waals surface area contributed by atoms with E-state index in [9.17, 15) is 9.59 Å². The van der Waals surface area contributed by atoms with E-state index in [1.54, 1.807) is 12.1 Å². The summed E-state index contributed by atoms with van der Waals surface area (Å²) < 4.78 is 6.52. The molecule has 0 aliphatic rings. The molecule has 0 bridgehead atoms. The summed E-state index contributed by atoms with van der Waals surface area (Å²) in [6.07, 6.45) is 2.91. The highest BCUT2D eigenvalue weighted by atomic mass is 16.3. The zero-order chi connectivity index (χ0) is 17.1. The van der Waals surface area contributed by atoms with E-state index in [4.69, 9.17) is 10.2 Å². The van der Waals surface area contributed by atoms with Crippen molar-refractivity contribution in [2.45, 2.75) is 13.0 Å². The predicted octanol–water partition coefficient (Wildman–Crippen LogP) is 1.45. The molecule has 0 unspecified atom stereocenters. The fraction of sp³-hybridized carbons (Fsp3) is 0.125. The van der Waals surface area contributed by atoms with Gasteiger partial charge < -0.3 is 15.5 Å². The molecule has 122 valence electrons. The molecule has 3 aromatic rings. The van der Waals surface area contributed by atoms with Gasteiger partial charge in [0.1, 0.15) is 0 Å². The van der Waals surface area contributed by atoms with Gasteiger partial charge in [-0.1, -0.05) is 17.3 Å². The molecule has 0 aliphatic carbocycles. The number of carbonyl (C=O) groups excluding carboxylic acids is 2. The lowest BCUT2D eigenvalue weighted by Crippen LogP contribution is -2.26. The minimum Gasteiger partial charge on any atom is -0.459 e. The molecule has 0 fully saturated rings. The number of primary amides is 1. The fourth-order valence-corrected chi connectivity index (χ4v) is 2.18. The molecule has 8 heteroatoms. The number of benzene rings is 1. The molecule has 0 radical (unpaired) electrons. The number of carbonyl (C=O) groups is 2. The van der Waals surface area contributed by atoms with Gasteiger partial charge >= 0.3 is 0 Å². The van der Waals surface area contributed by atoms with Gasteiger partial charge in [-0.15, -0.1) is 5.10 Å². The molecule has 24 heavy (non-hydrogen) atoms. The molecule has 0 saturated heterocycles. The van der Waals surface area contributed by atoms with Gasteiger partial charge in [-0.2, -0.15) is 0 Å². The summed E-state index contributed by atoms with van der Waals surface area (Å²) >= 11 is 0. The highest BCUT2D eigenvalue weighted by Gasteiger charge is 2.14. The highest BCUT2D eigenvalue weighted by molar-refractivity contribution is 5.91. The summed E-state index contributed by atoms with van der Waals surface area (Å²) in [4.78, 5) is 23.0. The lowest BCUT2D eigenvalue weighted by Gasteiger charge is -2.13. The lowest BCUT2D eigenvalue weighted by molar-refractivity contribution is 0.0911. The first kappa shape index (κ1) is 15.5. The smallest absolute Gasteiger partial charge is 0.287 e. The van der Waals surface area contributed by atoms with E-state index in [0.29, 0.717) is 0 Å². The molecule has 3 N–H and O–H groups in total. The van der Waals surface area contributed by atoms with Crippen molar-refractivity contribution in [1.29, 1.82) is 0 Å². The van der Waals surface area contributed by atoms with Gasteiger partial charge in [0, 0.05) is 0 Å². The average molecular weight is 325 g/mol. The molecule has 1 aromatic carbocycles. The number of aromatic nitrogens is 3. The van der Waals surface area contributed by atoms with Crippen LogP contribution in [0.4, 0.5) is 0 Å². The van der Waals surface area contributed by atoms with Gasteiger partial charge in [0.2, 0.25) is 0 Å². The Balaban J connectivity index is 1.71. The third-order valence-electron chi connectivity index (χ3n) is 3.50. The van der Waals surface area contributed by atoms with Gasteiger partial charge in [0.05, 0.1) is 24.2 Å². The summed E-state index contributed by atoms with van der Waals surface area (Å²) in [6, 6.07) is 10.4. The third-order valence-corrected chi connectivity index (χ3v) is 3.50. The number of hydrogen-bond acceptors (Lipinski definition) is 5. The zero-order valence-corrected chi connectivity index (χ0v) is 12.8. The van der Waals surface area contributed by atoms with Crippen LogP contribution in [0.25, 0.3) is 5.69 Å². The van der Waals surface area contributed by atoms with Crippen LogP contribution in [-0.4, -0.2) is 26.8 Å². The first-order valence-corrected chi connectivity index (χ1v) is 7.21. The Bertz CT molecular complexity index is 852. The maximum atomic E-state index is 12.0. The maximum Gasteiger partial charge on any atom is 0.287 e. The first-order chi connectivity index (χ1) is 11.5. The zero-order valence-electron chi connectivity index (χ0n) is 12.8. The Morgan fingerprint density at radius 1 is 1.25 bits per heavy atom. The topological polar surface area (TPSA) is 116 Å². The Morgan fingerprint density at radius 3 is 2.58 bits per heavy atom. The Morgan fingerprint density at radius 2 is 2.00 bits per heavy atom. The van der Waals surface area contributed by atoms with E-state index in [1.165, 1.54) is 17.1 Å². The van der Waals surface area contributed by atoms with E-state index in [0.717, 1.165) is 11.3 Å². The molecule has 0 spiro atoms. The summed E-state index contributed by atoms with van der Waals surface area (Å²) in [6.45, 7) is 1.87. The summed E-state index contributed by atoms with van der Waals surface area (Å²) in [7, 11) is 0. The molecular formula is C16H15N5O3.